The lowest BCUT2D eigenvalue weighted by molar-refractivity contribution is 0.0439. The lowest BCUT2D eigenvalue weighted by Gasteiger charge is -2.04. The van der Waals surface area contributed by atoms with Gasteiger partial charge in [0.25, 0.3) is 5.89 Å². The van der Waals surface area contributed by atoms with E-state index in [2.05, 4.69) is 10.2 Å². The van der Waals surface area contributed by atoms with E-state index in [1.807, 2.05) is 0 Å². The molecule has 2 aromatic carbocycles. The number of benzene rings is 2. The van der Waals surface area contributed by atoms with E-state index in [0.29, 0.717) is 21.5 Å². The molecule has 1 heterocycles. The highest BCUT2D eigenvalue weighted by atomic mass is 35.5. The smallest absolute Gasteiger partial charge is 0.340 e. The number of ether oxygens (including phenoxy) is 1. The van der Waals surface area contributed by atoms with Crippen LogP contribution in [0.4, 0.5) is 0 Å². The molecule has 0 aliphatic heterocycles. The van der Waals surface area contributed by atoms with Gasteiger partial charge in [0.1, 0.15) is 0 Å². The highest BCUT2D eigenvalue weighted by Gasteiger charge is 2.15. The molecule has 24 heavy (non-hydrogen) atoms. The van der Waals surface area contributed by atoms with Crippen molar-refractivity contribution in [3.05, 3.63) is 69.0 Å². The van der Waals surface area contributed by atoms with E-state index in [1.54, 1.807) is 30.3 Å². The van der Waals surface area contributed by atoms with Gasteiger partial charge in [-0.1, -0.05) is 34.8 Å². The summed E-state index contributed by atoms with van der Waals surface area (Å²) in [6.07, 6.45) is 0. The van der Waals surface area contributed by atoms with Crippen LogP contribution >= 0.6 is 34.8 Å². The second-order valence-electron chi connectivity index (χ2n) is 4.71. The van der Waals surface area contributed by atoms with E-state index in [0.717, 1.165) is 0 Å². The summed E-state index contributed by atoms with van der Waals surface area (Å²) in [4.78, 5) is 12.0. The van der Waals surface area contributed by atoms with E-state index in [9.17, 15) is 4.79 Å². The summed E-state index contributed by atoms with van der Waals surface area (Å²) < 4.78 is 10.6. The van der Waals surface area contributed by atoms with Gasteiger partial charge in [-0.05, 0) is 42.5 Å². The fourth-order valence-corrected chi connectivity index (χ4v) is 2.49. The summed E-state index contributed by atoms with van der Waals surface area (Å²) in [5.74, 6) is -0.136. The minimum atomic E-state index is -0.608. The lowest BCUT2D eigenvalue weighted by atomic mass is 10.2. The number of carbonyl (C=O) groups is 1. The number of aromatic nitrogens is 2. The van der Waals surface area contributed by atoms with Crippen LogP contribution in [0.1, 0.15) is 16.2 Å². The van der Waals surface area contributed by atoms with Gasteiger partial charge >= 0.3 is 5.97 Å². The molecule has 0 bridgehead atoms. The number of esters is 1. The van der Waals surface area contributed by atoms with Gasteiger partial charge < -0.3 is 9.15 Å². The number of halogens is 3. The molecule has 3 rings (SSSR count). The first-order valence-corrected chi connectivity index (χ1v) is 7.87. The monoisotopic (exact) mass is 382 g/mol. The predicted octanol–water partition coefficient (Wildman–Crippen LogP) is 5.05. The van der Waals surface area contributed by atoms with E-state index < -0.39 is 5.97 Å². The zero-order valence-electron chi connectivity index (χ0n) is 12.0. The van der Waals surface area contributed by atoms with Gasteiger partial charge in [-0.3, -0.25) is 0 Å². The minimum absolute atomic E-state index is 0.165. The largest absolute Gasteiger partial charge is 0.452 e. The molecule has 122 valence electrons. The lowest BCUT2D eigenvalue weighted by Crippen LogP contribution is -2.06. The van der Waals surface area contributed by atoms with Crippen molar-refractivity contribution in [2.24, 2.45) is 0 Å². The SMILES string of the molecule is O=C(OCc1nnc(-c2ccc(Cl)cc2)o1)c1ccc(Cl)cc1Cl. The van der Waals surface area contributed by atoms with Crippen molar-refractivity contribution in [1.29, 1.82) is 0 Å². The molecule has 0 fully saturated rings. The van der Waals surface area contributed by atoms with Crippen molar-refractivity contribution in [3.63, 3.8) is 0 Å². The van der Waals surface area contributed by atoms with Crippen molar-refractivity contribution >= 4 is 40.8 Å². The molecule has 0 spiro atoms. The summed E-state index contributed by atoms with van der Waals surface area (Å²) in [6, 6.07) is 11.4. The Morgan fingerprint density at radius 2 is 1.71 bits per heavy atom. The third-order valence-corrected chi connectivity index (χ3v) is 3.84. The summed E-state index contributed by atoms with van der Waals surface area (Å²) in [6.45, 7) is -0.168. The average molecular weight is 384 g/mol. The van der Waals surface area contributed by atoms with Crippen molar-refractivity contribution < 1.29 is 13.9 Å². The molecule has 0 atom stereocenters. The Morgan fingerprint density at radius 3 is 2.42 bits per heavy atom. The first-order chi connectivity index (χ1) is 11.5. The zero-order valence-corrected chi connectivity index (χ0v) is 14.3. The van der Waals surface area contributed by atoms with Crippen molar-refractivity contribution in [2.45, 2.75) is 6.61 Å². The highest BCUT2D eigenvalue weighted by molar-refractivity contribution is 6.36. The van der Waals surface area contributed by atoms with E-state index in [4.69, 9.17) is 44.0 Å². The molecular weight excluding hydrogens is 375 g/mol. The summed E-state index contributed by atoms with van der Waals surface area (Å²) in [7, 11) is 0. The number of hydrogen-bond donors (Lipinski definition) is 0. The molecule has 5 nitrogen and oxygen atoms in total. The van der Waals surface area contributed by atoms with Crippen LogP contribution in [0.15, 0.2) is 46.9 Å². The minimum Gasteiger partial charge on any atom is -0.452 e. The molecule has 0 aliphatic carbocycles. The van der Waals surface area contributed by atoms with E-state index in [1.165, 1.54) is 12.1 Å². The van der Waals surface area contributed by atoms with Crippen molar-refractivity contribution in [3.8, 4) is 11.5 Å². The van der Waals surface area contributed by atoms with Gasteiger partial charge in [0, 0.05) is 15.6 Å². The highest BCUT2D eigenvalue weighted by Crippen LogP contribution is 2.23. The van der Waals surface area contributed by atoms with E-state index in [-0.39, 0.29) is 23.1 Å². The van der Waals surface area contributed by atoms with Gasteiger partial charge in [-0.15, -0.1) is 10.2 Å². The third kappa shape index (κ3) is 3.87. The fourth-order valence-electron chi connectivity index (χ4n) is 1.88. The third-order valence-electron chi connectivity index (χ3n) is 3.04. The maximum absolute atomic E-state index is 12.0. The molecule has 0 amide bonds. The van der Waals surface area contributed by atoms with Gasteiger partial charge in [0.2, 0.25) is 5.89 Å². The maximum atomic E-state index is 12.0. The van der Waals surface area contributed by atoms with Crippen LogP contribution in [0.3, 0.4) is 0 Å². The molecular formula is C16H9Cl3N2O3. The Kier molecular flexibility index (Phi) is 5.04. The number of nitrogens with zero attached hydrogens (tertiary/aromatic N) is 2. The van der Waals surface area contributed by atoms with Crippen LogP contribution in [0.2, 0.25) is 15.1 Å². The van der Waals surface area contributed by atoms with Gasteiger partial charge in [0.05, 0.1) is 10.6 Å². The molecule has 0 unspecified atom stereocenters. The first kappa shape index (κ1) is 16.8. The Hall–Kier alpha value is -2.08. The molecule has 0 saturated heterocycles. The van der Waals surface area contributed by atoms with Crippen LogP contribution in [-0.4, -0.2) is 16.2 Å². The summed E-state index contributed by atoms with van der Waals surface area (Å²) >= 11 is 17.6. The van der Waals surface area contributed by atoms with Crippen LogP contribution < -0.4 is 0 Å². The van der Waals surface area contributed by atoms with Crippen molar-refractivity contribution in [1.82, 2.24) is 10.2 Å². The summed E-state index contributed by atoms with van der Waals surface area (Å²) in [5.41, 5.74) is 0.920. The molecule has 3 aromatic rings. The Bertz CT molecular complexity index is 879. The molecule has 1 aromatic heterocycles. The zero-order chi connectivity index (χ0) is 17.1. The molecule has 0 saturated carbocycles. The topological polar surface area (TPSA) is 65.2 Å². The molecule has 0 aliphatic rings. The first-order valence-electron chi connectivity index (χ1n) is 6.73. The Labute approximate surface area is 152 Å². The average Bonchev–Trinajstić information content (AvgIpc) is 3.02. The molecule has 8 heteroatoms. The van der Waals surface area contributed by atoms with Gasteiger partial charge in [-0.2, -0.15) is 0 Å². The Morgan fingerprint density at radius 1 is 1.00 bits per heavy atom. The fraction of sp³-hybridized carbons (Fsp3) is 0.0625. The predicted molar refractivity (Wildman–Crippen MR) is 90.3 cm³/mol. The quantitative estimate of drug-likeness (QED) is 0.590. The maximum Gasteiger partial charge on any atom is 0.340 e. The second kappa shape index (κ2) is 7.21. The Balaban J connectivity index is 1.67. The summed E-state index contributed by atoms with van der Waals surface area (Å²) in [5, 5.41) is 8.98. The molecule has 0 radical (unpaired) electrons. The number of hydrogen-bond acceptors (Lipinski definition) is 5. The van der Waals surface area contributed by atoms with Crippen LogP contribution in [0.25, 0.3) is 11.5 Å². The van der Waals surface area contributed by atoms with Gasteiger partial charge in [0.15, 0.2) is 6.61 Å². The second-order valence-corrected chi connectivity index (χ2v) is 5.99. The van der Waals surface area contributed by atoms with E-state index >= 15 is 0 Å². The molecule has 0 N–H and O–H groups in total. The van der Waals surface area contributed by atoms with Crippen LogP contribution in [-0.2, 0) is 11.3 Å². The van der Waals surface area contributed by atoms with Crippen LogP contribution in [0, 0.1) is 0 Å². The normalized spacial score (nSPS) is 10.6. The number of carbonyl (C=O) groups excluding carboxylic acids is 1. The van der Waals surface area contributed by atoms with Crippen LogP contribution in [0.5, 0.6) is 0 Å². The number of rotatable bonds is 4. The standard InChI is InChI=1S/C16H9Cl3N2O3/c17-10-3-1-9(2-4-10)15-21-20-14(24-15)8-23-16(22)12-6-5-11(18)7-13(12)19/h1-7H,8H2. The van der Waals surface area contributed by atoms with Gasteiger partial charge in [-0.25, -0.2) is 4.79 Å². The van der Waals surface area contributed by atoms with Crippen molar-refractivity contribution in [2.75, 3.05) is 0 Å².